The minimum absolute atomic E-state index is 0.117. The highest BCUT2D eigenvalue weighted by Gasteiger charge is 2.47. The molecule has 7 nitrogen and oxygen atoms in total. The van der Waals surface area contributed by atoms with Gasteiger partial charge in [0.15, 0.2) is 5.78 Å². The quantitative estimate of drug-likeness (QED) is 0.395. The van der Waals surface area contributed by atoms with E-state index in [9.17, 15) is 14.4 Å². The number of hydrogen-bond acceptors (Lipinski definition) is 7. The summed E-state index contributed by atoms with van der Waals surface area (Å²) >= 11 is 0. The van der Waals surface area contributed by atoms with Crippen LogP contribution in [0.1, 0.15) is 44.2 Å². The van der Waals surface area contributed by atoms with E-state index in [1.165, 1.54) is 7.11 Å². The van der Waals surface area contributed by atoms with Crippen molar-refractivity contribution in [2.24, 2.45) is 11.8 Å². The van der Waals surface area contributed by atoms with Crippen LogP contribution in [-0.4, -0.2) is 44.7 Å². The first kappa shape index (κ1) is 23.7. The van der Waals surface area contributed by atoms with Gasteiger partial charge in [0.1, 0.15) is 12.5 Å². The number of nitrogens with one attached hydrogen (secondary N) is 1. The van der Waals surface area contributed by atoms with Crippen LogP contribution in [0.4, 0.5) is 0 Å². The maximum absolute atomic E-state index is 13.6. The third kappa shape index (κ3) is 4.63. The lowest BCUT2D eigenvalue weighted by Gasteiger charge is -2.38. The van der Waals surface area contributed by atoms with Gasteiger partial charge in [0.25, 0.3) is 0 Å². The number of ketones is 1. The number of hydrogen-bond donors (Lipinski definition) is 1. The Hall–Kier alpha value is -2.93. The molecule has 0 spiro atoms. The van der Waals surface area contributed by atoms with E-state index in [-0.39, 0.29) is 18.3 Å². The molecule has 1 heterocycles. The summed E-state index contributed by atoms with van der Waals surface area (Å²) in [5.74, 6) is -3.11. The molecule has 3 unspecified atom stereocenters. The third-order valence-corrected chi connectivity index (χ3v) is 6.04. The van der Waals surface area contributed by atoms with E-state index in [1.54, 1.807) is 0 Å². The number of methoxy groups -OCH3 is 1. The van der Waals surface area contributed by atoms with Gasteiger partial charge in [0.2, 0.25) is 0 Å². The topological polar surface area (TPSA) is 90.9 Å². The molecule has 2 aliphatic rings. The van der Waals surface area contributed by atoms with Crippen LogP contribution < -0.4 is 5.32 Å². The molecule has 1 aromatic rings. The minimum Gasteiger partial charge on any atom is -0.468 e. The summed E-state index contributed by atoms with van der Waals surface area (Å²) in [5, 5.41) is 3.25. The number of aryl methyl sites for hydroxylation is 1. The average molecular weight is 442 g/mol. The van der Waals surface area contributed by atoms with Crippen molar-refractivity contribution in [2.45, 2.75) is 40.0 Å². The second-order valence-electron chi connectivity index (χ2n) is 8.28. The van der Waals surface area contributed by atoms with E-state index < -0.39 is 23.8 Å². The lowest BCUT2D eigenvalue weighted by Crippen LogP contribution is -2.43. The lowest BCUT2D eigenvalue weighted by atomic mass is 9.69. The molecule has 1 aromatic carbocycles. The molecule has 0 fully saturated rings. The summed E-state index contributed by atoms with van der Waals surface area (Å²) in [6.45, 7) is 8.46. The van der Waals surface area contributed by atoms with E-state index in [0.717, 1.165) is 16.8 Å². The van der Waals surface area contributed by atoms with Crippen molar-refractivity contribution in [3.8, 4) is 0 Å². The first-order valence-corrected chi connectivity index (χ1v) is 10.9. The van der Waals surface area contributed by atoms with E-state index in [0.29, 0.717) is 36.5 Å². The standard InChI is InChI=1S/C25H31NO6/c1-6-31-11-12-32-25(29)20-16(4)26-18-13-15(3)19(24(28)30-5)23(27)22(18)21(20)17-9-7-14(2)8-10-17/h7-10,15,19,21,26H,6,11-13H2,1-5H3. The number of rotatable bonds is 7. The predicted molar refractivity (Wildman–Crippen MR) is 119 cm³/mol. The average Bonchev–Trinajstić information content (AvgIpc) is 2.76. The Balaban J connectivity index is 2.06. The first-order chi connectivity index (χ1) is 15.3. The molecule has 0 aromatic heterocycles. The molecule has 1 aliphatic carbocycles. The van der Waals surface area contributed by atoms with Gasteiger partial charge < -0.3 is 19.5 Å². The SMILES string of the molecule is CCOCCOC(=O)C1=C(C)NC2=C(C(=O)C(C(=O)OC)C(C)C2)C1c1ccc(C)cc1. The smallest absolute Gasteiger partial charge is 0.336 e. The largest absolute Gasteiger partial charge is 0.468 e. The van der Waals surface area contributed by atoms with Gasteiger partial charge >= 0.3 is 11.9 Å². The minimum atomic E-state index is -0.901. The van der Waals surface area contributed by atoms with Gasteiger partial charge in [-0.2, -0.15) is 0 Å². The zero-order valence-corrected chi connectivity index (χ0v) is 19.3. The highest BCUT2D eigenvalue weighted by atomic mass is 16.6. The van der Waals surface area contributed by atoms with Crippen LogP contribution in [0.3, 0.4) is 0 Å². The molecule has 32 heavy (non-hydrogen) atoms. The number of Topliss-reactive ketones (excluding diaryl/α,β-unsaturated/α-hetero) is 1. The molecule has 0 bridgehead atoms. The zero-order valence-electron chi connectivity index (χ0n) is 19.3. The molecule has 1 aliphatic heterocycles. The Bertz CT molecular complexity index is 959. The second-order valence-corrected chi connectivity index (χ2v) is 8.28. The molecule has 172 valence electrons. The summed E-state index contributed by atoms with van der Waals surface area (Å²) in [6.07, 6.45) is 0.507. The van der Waals surface area contributed by atoms with Crippen LogP contribution in [0.15, 0.2) is 46.8 Å². The lowest BCUT2D eigenvalue weighted by molar-refractivity contribution is -0.151. The van der Waals surface area contributed by atoms with Crippen LogP contribution >= 0.6 is 0 Å². The fourth-order valence-electron chi connectivity index (χ4n) is 4.46. The maximum Gasteiger partial charge on any atom is 0.336 e. The number of esters is 2. The molecule has 3 atom stereocenters. The number of allylic oxidation sites excluding steroid dienone is 3. The van der Waals surface area contributed by atoms with Crippen molar-refractivity contribution < 1.29 is 28.6 Å². The summed E-state index contributed by atoms with van der Waals surface area (Å²) in [6, 6.07) is 7.71. The summed E-state index contributed by atoms with van der Waals surface area (Å²) in [7, 11) is 1.29. The van der Waals surface area contributed by atoms with Gasteiger partial charge in [0.05, 0.1) is 19.3 Å². The highest BCUT2D eigenvalue weighted by molar-refractivity contribution is 6.12. The molecule has 1 N–H and O–H groups in total. The molecule has 3 rings (SSSR count). The molecule has 0 saturated carbocycles. The normalized spacial score (nSPS) is 22.9. The van der Waals surface area contributed by atoms with Crippen molar-refractivity contribution in [2.75, 3.05) is 26.9 Å². The van der Waals surface area contributed by atoms with Gasteiger partial charge in [-0.05, 0) is 38.7 Å². The van der Waals surface area contributed by atoms with Gasteiger partial charge in [-0.25, -0.2) is 4.79 Å². The summed E-state index contributed by atoms with van der Waals surface area (Å²) in [4.78, 5) is 39.2. The van der Waals surface area contributed by atoms with E-state index in [2.05, 4.69) is 5.32 Å². The van der Waals surface area contributed by atoms with Gasteiger partial charge in [-0.1, -0.05) is 36.8 Å². The number of ether oxygens (including phenoxy) is 3. The van der Waals surface area contributed by atoms with Crippen molar-refractivity contribution >= 4 is 17.7 Å². The van der Waals surface area contributed by atoms with Gasteiger partial charge in [-0.15, -0.1) is 0 Å². The molecule has 0 saturated heterocycles. The van der Waals surface area contributed by atoms with Crippen LogP contribution in [0.2, 0.25) is 0 Å². The van der Waals surface area contributed by atoms with Crippen molar-refractivity contribution in [1.82, 2.24) is 5.32 Å². The zero-order chi connectivity index (χ0) is 23.4. The Labute approximate surface area is 188 Å². The molecule has 0 radical (unpaired) electrons. The van der Waals surface area contributed by atoms with Crippen LogP contribution in [0.25, 0.3) is 0 Å². The number of carbonyl (C=O) groups excluding carboxylic acids is 3. The number of benzene rings is 1. The number of carbonyl (C=O) groups is 3. The predicted octanol–water partition coefficient (Wildman–Crippen LogP) is 3.19. The van der Waals surface area contributed by atoms with Crippen LogP contribution in [0, 0.1) is 18.8 Å². The van der Waals surface area contributed by atoms with Crippen molar-refractivity contribution in [3.05, 3.63) is 57.9 Å². The Morgan fingerprint density at radius 1 is 1.12 bits per heavy atom. The third-order valence-electron chi connectivity index (χ3n) is 6.04. The van der Waals surface area contributed by atoms with E-state index in [4.69, 9.17) is 14.2 Å². The second kappa shape index (κ2) is 10.1. The van der Waals surface area contributed by atoms with Crippen LogP contribution in [-0.2, 0) is 28.6 Å². The van der Waals surface area contributed by atoms with Crippen LogP contribution in [0.5, 0.6) is 0 Å². The van der Waals surface area contributed by atoms with Crippen molar-refractivity contribution in [3.63, 3.8) is 0 Å². The van der Waals surface area contributed by atoms with Gasteiger partial charge in [-0.3, -0.25) is 9.59 Å². The number of dihydropyridines is 1. The monoisotopic (exact) mass is 441 g/mol. The fourth-order valence-corrected chi connectivity index (χ4v) is 4.46. The molecule has 0 amide bonds. The van der Waals surface area contributed by atoms with Crippen molar-refractivity contribution in [1.29, 1.82) is 0 Å². The first-order valence-electron chi connectivity index (χ1n) is 10.9. The van der Waals surface area contributed by atoms with E-state index in [1.807, 2.05) is 52.0 Å². The maximum atomic E-state index is 13.6. The highest BCUT2D eigenvalue weighted by Crippen LogP contribution is 2.45. The molecular formula is C25H31NO6. The summed E-state index contributed by atoms with van der Waals surface area (Å²) in [5.41, 5.74) is 4.06. The van der Waals surface area contributed by atoms with Gasteiger partial charge in [0, 0.05) is 29.5 Å². The molecule has 7 heteroatoms. The Kier molecular flexibility index (Phi) is 7.51. The Morgan fingerprint density at radius 2 is 1.81 bits per heavy atom. The fraction of sp³-hybridized carbons (Fsp3) is 0.480. The summed E-state index contributed by atoms with van der Waals surface area (Å²) < 4.78 is 15.7. The molecular weight excluding hydrogens is 410 g/mol. The van der Waals surface area contributed by atoms with E-state index >= 15 is 0 Å². The Morgan fingerprint density at radius 3 is 2.44 bits per heavy atom.